The Morgan fingerprint density at radius 3 is 2.40 bits per heavy atom. The molecule has 0 aliphatic heterocycles. The zero-order valence-corrected chi connectivity index (χ0v) is 9.45. The zero-order chi connectivity index (χ0) is 10.8. The van der Waals surface area contributed by atoms with Crippen molar-refractivity contribution in [3.8, 4) is 11.3 Å². The lowest BCUT2D eigenvalue weighted by Crippen LogP contribution is -1.96. The normalized spacial score (nSPS) is 10.9. The predicted molar refractivity (Wildman–Crippen MR) is 61.6 cm³/mol. The van der Waals surface area contributed by atoms with Crippen molar-refractivity contribution in [2.75, 3.05) is 5.73 Å². The van der Waals surface area contributed by atoms with Gasteiger partial charge in [-0.1, -0.05) is 13.8 Å². The molecule has 0 aliphatic rings. The summed E-state index contributed by atoms with van der Waals surface area (Å²) in [5.74, 6) is 1.20. The van der Waals surface area contributed by atoms with Gasteiger partial charge in [-0.2, -0.15) is 0 Å². The van der Waals surface area contributed by atoms with Gasteiger partial charge < -0.3 is 5.73 Å². The minimum atomic E-state index is 0.347. The number of hydrogen-bond acceptors (Lipinski definition) is 5. The van der Waals surface area contributed by atoms with E-state index in [-0.39, 0.29) is 0 Å². The van der Waals surface area contributed by atoms with Gasteiger partial charge in [0.2, 0.25) is 0 Å². The predicted octanol–water partition coefficient (Wildman–Crippen LogP) is 2.31. The van der Waals surface area contributed by atoms with Crippen molar-refractivity contribution >= 4 is 16.5 Å². The topological polar surface area (TPSA) is 64.7 Å². The van der Waals surface area contributed by atoms with Crippen LogP contribution in [0.4, 0.5) is 5.13 Å². The molecule has 0 radical (unpaired) electrons. The third-order valence-corrected chi connectivity index (χ3v) is 2.68. The van der Waals surface area contributed by atoms with Gasteiger partial charge >= 0.3 is 0 Å². The van der Waals surface area contributed by atoms with Crippen LogP contribution in [-0.2, 0) is 0 Å². The van der Waals surface area contributed by atoms with Crippen LogP contribution < -0.4 is 5.73 Å². The first-order valence-corrected chi connectivity index (χ1v) is 5.58. The van der Waals surface area contributed by atoms with Crippen molar-refractivity contribution in [3.63, 3.8) is 0 Å². The van der Waals surface area contributed by atoms with Crippen molar-refractivity contribution in [1.82, 2.24) is 15.0 Å². The molecule has 2 aromatic heterocycles. The van der Waals surface area contributed by atoms with Gasteiger partial charge in [0.05, 0.1) is 5.69 Å². The van der Waals surface area contributed by atoms with Crippen LogP contribution in [0.25, 0.3) is 11.3 Å². The number of rotatable bonds is 2. The van der Waals surface area contributed by atoms with Gasteiger partial charge in [0.25, 0.3) is 0 Å². The Hall–Kier alpha value is -1.49. The maximum Gasteiger partial charge on any atom is 0.180 e. The summed E-state index contributed by atoms with van der Waals surface area (Å²) in [4.78, 5) is 12.7. The highest BCUT2D eigenvalue weighted by atomic mass is 32.1. The van der Waals surface area contributed by atoms with Gasteiger partial charge in [0, 0.05) is 29.3 Å². The van der Waals surface area contributed by atoms with Crippen LogP contribution in [0.2, 0.25) is 0 Å². The Kier molecular flexibility index (Phi) is 2.64. The first-order chi connectivity index (χ1) is 7.16. The van der Waals surface area contributed by atoms with Gasteiger partial charge in [0.1, 0.15) is 5.82 Å². The molecule has 15 heavy (non-hydrogen) atoms. The molecule has 0 atom stereocenters. The van der Waals surface area contributed by atoms with Crippen LogP contribution in [0.5, 0.6) is 0 Å². The number of nitrogens with zero attached hydrogens (tertiary/aromatic N) is 3. The van der Waals surface area contributed by atoms with Gasteiger partial charge in [-0.3, -0.25) is 0 Å². The van der Waals surface area contributed by atoms with E-state index < -0.39 is 0 Å². The standard InChI is InChI=1S/C10H12N4S/c1-6(2)9-12-3-7(4-13-9)8-5-15-10(11)14-8/h3-6H,1-2H3,(H2,11,14). The zero-order valence-electron chi connectivity index (χ0n) is 8.64. The van der Waals surface area contributed by atoms with Gasteiger partial charge in [-0.05, 0) is 0 Å². The molecule has 5 heteroatoms. The number of aromatic nitrogens is 3. The highest BCUT2D eigenvalue weighted by Crippen LogP contribution is 2.22. The van der Waals surface area contributed by atoms with E-state index in [2.05, 4.69) is 28.8 Å². The van der Waals surface area contributed by atoms with E-state index in [0.717, 1.165) is 17.1 Å². The molecular weight excluding hydrogens is 208 g/mol. The molecule has 0 aromatic carbocycles. The summed E-state index contributed by atoms with van der Waals surface area (Å²) in [5.41, 5.74) is 7.31. The molecule has 0 saturated carbocycles. The summed E-state index contributed by atoms with van der Waals surface area (Å²) in [6.45, 7) is 4.13. The average molecular weight is 220 g/mol. The van der Waals surface area contributed by atoms with Crippen molar-refractivity contribution < 1.29 is 0 Å². The third-order valence-electron chi connectivity index (χ3n) is 2.01. The highest BCUT2D eigenvalue weighted by Gasteiger charge is 2.05. The number of nitrogen functional groups attached to an aromatic ring is 1. The maximum absolute atomic E-state index is 5.56. The number of thiazole rings is 1. The second-order valence-corrected chi connectivity index (χ2v) is 4.45. The number of hydrogen-bond donors (Lipinski definition) is 1. The molecule has 78 valence electrons. The lowest BCUT2D eigenvalue weighted by molar-refractivity contribution is 0.774. The fourth-order valence-corrected chi connectivity index (χ4v) is 1.76. The van der Waals surface area contributed by atoms with Crippen molar-refractivity contribution in [2.45, 2.75) is 19.8 Å². The summed E-state index contributed by atoms with van der Waals surface area (Å²) in [7, 11) is 0. The molecule has 2 aromatic rings. The molecule has 2 N–H and O–H groups in total. The van der Waals surface area contributed by atoms with Crippen LogP contribution in [0.15, 0.2) is 17.8 Å². The monoisotopic (exact) mass is 220 g/mol. The van der Waals surface area contributed by atoms with Crippen LogP contribution in [-0.4, -0.2) is 15.0 Å². The molecular formula is C10H12N4S. The Morgan fingerprint density at radius 1 is 1.27 bits per heavy atom. The van der Waals surface area contributed by atoms with E-state index in [0.29, 0.717) is 11.0 Å². The highest BCUT2D eigenvalue weighted by molar-refractivity contribution is 7.13. The lowest BCUT2D eigenvalue weighted by Gasteiger charge is -2.02. The summed E-state index contributed by atoms with van der Waals surface area (Å²) in [5, 5.41) is 2.47. The van der Waals surface area contributed by atoms with E-state index in [9.17, 15) is 0 Å². The maximum atomic E-state index is 5.56. The van der Waals surface area contributed by atoms with E-state index in [1.165, 1.54) is 11.3 Å². The summed E-state index contributed by atoms with van der Waals surface area (Å²) in [6.07, 6.45) is 3.58. The van der Waals surface area contributed by atoms with E-state index >= 15 is 0 Å². The smallest absolute Gasteiger partial charge is 0.180 e. The van der Waals surface area contributed by atoms with Gasteiger partial charge in [0.15, 0.2) is 5.13 Å². The van der Waals surface area contributed by atoms with E-state index in [1.54, 1.807) is 12.4 Å². The van der Waals surface area contributed by atoms with E-state index in [1.807, 2.05) is 5.38 Å². The Bertz CT molecular complexity index is 447. The number of anilines is 1. The van der Waals surface area contributed by atoms with Gasteiger partial charge in [-0.25, -0.2) is 15.0 Å². The Morgan fingerprint density at radius 2 is 1.93 bits per heavy atom. The molecule has 0 fully saturated rings. The first-order valence-electron chi connectivity index (χ1n) is 4.70. The second kappa shape index (κ2) is 3.94. The molecule has 2 rings (SSSR count). The molecule has 0 amide bonds. The molecule has 0 spiro atoms. The van der Waals surface area contributed by atoms with Crippen molar-refractivity contribution in [1.29, 1.82) is 0 Å². The molecule has 0 aliphatic carbocycles. The first kappa shape index (κ1) is 10.0. The largest absolute Gasteiger partial charge is 0.375 e. The summed E-state index contributed by atoms with van der Waals surface area (Å²) in [6, 6.07) is 0. The number of nitrogens with two attached hydrogens (primary N) is 1. The van der Waals surface area contributed by atoms with Crippen LogP contribution >= 0.6 is 11.3 Å². The van der Waals surface area contributed by atoms with Crippen molar-refractivity contribution in [3.05, 3.63) is 23.6 Å². The summed E-state index contributed by atoms with van der Waals surface area (Å²) < 4.78 is 0. The fraction of sp³-hybridized carbons (Fsp3) is 0.300. The quantitative estimate of drug-likeness (QED) is 0.843. The third kappa shape index (κ3) is 2.12. The average Bonchev–Trinajstić information content (AvgIpc) is 2.65. The van der Waals surface area contributed by atoms with E-state index in [4.69, 9.17) is 5.73 Å². The van der Waals surface area contributed by atoms with Crippen LogP contribution in [0.3, 0.4) is 0 Å². The molecule has 4 nitrogen and oxygen atoms in total. The lowest BCUT2D eigenvalue weighted by atomic mass is 10.2. The minimum absolute atomic E-state index is 0.347. The molecule has 0 bridgehead atoms. The second-order valence-electron chi connectivity index (χ2n) is 3.56. The fourth-order valence-electron chi connectivity index (χ4n) is 1.19. The SMILES string of the molecule is CC(C)c1ncc(-c2csc(N)n2)cn1. The van der Waals surface area contributed by atoms with Crippen LogP contribution in [0, 0.1) is 0 Å². The minimum Gasteiger partial charge on any atom is -0.375 e. The Labute approximate surface area is 92.2 Å². The molecule has 0 saturated heterocycles. The van der Waals surface area contributed by atoms with Gasteiger partial charge in [-0.15, -0.1) is 11.3 Å². The van der Waals surface area contributed by atoms with Crippen molar-refractivity contribution in [2.24, 2.45) is 0 Å². The van der Waals surface area contributed by atoms with Crippen LogP contribution in [0.1, 0.15) is 25.6 Å². The molecule has 0 unspecified atom stereocenters. The Balaban J connectivity index is 2.31. The summed E-state index contributed by atoms with van der Waals surface area (Å²) >= 11 is 1.42. The molecule has 2 heterocycles.